The average Bonchev–Trinajstić information content (AvgIpc) is 3.08. The van der Waals surface area contributed by atoms with Crippen molar-refractivity contribution >= 4 is 16.7 Å². The molecule has 0 radical (unpaired) electrons. The van der Waals surface area contributed by atoms with Crippen LogP contribution in [0.5, 0.6) is 0 Å². The molecular formula is C16H15NO2. The third-order valence-electron chi connectivity index (χ3n) is 4.33. The third-order valence-corrected chi connectivity index (χ3v) is 4.33. The number of fused-ring (bicyclic) bond motifs is 3. The number of nitrogens with zero attached hydrogens (tertiary/aromatic N) is 1. The first-order valence-corrected chi connectivity index (χ1v) is 6.86. The molecule has 3 atom stereocenters. The quantitative estimate of drug-likeness (QED) is 0.772. The lowest BCUT2D eigenvalue weighted by molar-refractivity contribution is 0.0743. The van der Waals surface area contributed by atoms with Gasteiger partial charge in [0.05, 0.1) is 23.6 Å². The van der Waals surface area contributed by atoms with Gasteiger partial charge in [-0.2, -0.15) is 0 Å². The molecule has 4 rings (SSSR count). The van der Waals surface area contributed by atoms with E-state index in [1.807, 2.05) is 30.3 Å². The van der Waals surface area contributed by atoms with Gasteiger partial charge in [0.2, 0.25) is 0 Å². The molecule has 0 aliphatic carbocycles. The number of Topliss-reactive ketones (excluding diaryl/α,β-unsaturated/α-hetero) is 1. The zero-order chi connectivity index (χ0) is 12.8. The van der Waals surface area contributed by atoms with Crippen LogP contribution in [0.15, 0.2) is 36.5 Å². The number of aromatic nitrogens is 1. The number of carbonyl (C=O) groups excluding carboxylic acids is 1. The van der Waals surface area contributed by atoms with Crippen molar-refractivity contribution in [3.8, 4) is 0 Å². The van der Waals surface area contributed by atoms with E-state index in [2.05, 4.69) is 4.98 Å². The maximum atomic E-state index is 12.6. The summed E-state index contributed by atoms with van der Waals surface area (Å²) in [4.78, 5) is 16.9. The minimum absolute atomic E-state index is 0.0555. The molecule has 3 nitrogen and oxygen atoms in total. The Kier molecular flexibility index (Phi) is 2.42. The van der Waals surface area contributed by atoms with Crippen LogP contribution in [-0.4, -0.2) is 23.0 Å². The third kappa shape index (κ3) is 1.77. The fourth-order valence-corrected chi connectivity index (χ4v) is 3.35. The average molecular weight is 253 g/mol. The zero-order valence-corrected chi connectivity index (χ0v) is 10.6. The maximum absolute atomic E-state index is 12.6. The number of rotatable bonds is 2. The Morgan fingerprint density at radius 2 is 2.21 bits per heavy atom. The van der Waals surface area contributed by atoms with Crippen LogP contribution in [-0.2, 0) is 4.74 Å². The highest BCUT2D eigenvalue weighted by molar-refractivity contribution is 6.01. The smallest absolute Gasteiger partial charge is 0.168 e. The van der Waals surface area contributed by atoms with Gasteiger partial charge < -0.3 is 4.74 Å². The van der Waals surface area contributed by atoms with Crippen LogP contribution in [0.1, 0.15) is 29.6 Å². The van der Waals surface area contributed by atoms with E-state index in [0.717, 1.165) is 35.7 Å². The molecule has 2 fully saturated rings. The second-order valence-electron chi connectivity index (χ2n) is 5.49. The fourth-order valence-electron chi connectivity index (χ4n) is 3.35. The van der Waals surface area contributed by atoms with Crippen LogP contribution in [0.2, 0.25) is 0 Å². The first-order valence-electron chi connectivity index (χ1n) is 6.86. The van der Waals surface area contributed by atoms with Gasteiger partial charge in [0.25, 0.3) is 0 Å². The van der Waals surface area contributed by atoms with E-state index in [1.165, 1.54) is 0 Å². The molecule has 3 unspecified atom stereocenters. The van der Waals surface area contributed by atoms with E-state index in [1.54, 1.807) is 6.20 Å². The Labute approximate surface area is 111 Å². The van der Waals surface area contributed by atoms with Crippen LogP contribution in [0.25, 0.3) is 10.9 Å². The van der Waals surface area contributed by atoms with Gasteiger partial charge in [-0.05, 0) is 31.4 Å². The van der Waals surface area contributed by atoms with Crippen LogP contribution < -0.4 is 0 Å². The number of benzene rings is 1. The Bertz CT molecular complexity index is 652. The number of ketones is 1. The maximum Gasteiger partial charge on any atom is 0.168 e. The van der Waals surface area contributed by atoms with Gasteiger partial charge in [0.1, 0.15) is 0 Å². The summed E-state index contributed by atoms with van der Waals surface area (Å²) >= 11 is 0. The molecule has 0 spiro atoms. The molecule has 2 bridgehead atoms. The van der Waals surface area contributed by atoms with Crippen molar-refractivity contribution in [1.29, 1.82) is 0 Å². The van der Waals surface area contributed by atoms with Crippen molar-refractivity contribution < 1.29 is 9.53 Å². The van der Waals surface area contributed by atoms with E-state index in [4.69, 9.17) is 4.74 Å². The van der Waals surface area contributed by atoms with Crippen LogP contribution in [0.4, 0.5) is 0 Å². The molecular weight excluding hydrogens is 238 g/mol. The predicted molar refractivity (Wildman–Crippen MR) is 72.1 cm³/mol. The van der Waals surface area contributed by atoms with Gasteiger partial charge in [0.15, 0.2) is 5.78 Å². The topological polar surface area (TPSA) is 39.2 Å². The van der Waals surface area contributed by atoms with Gasteiger partial charge in [0, 0.05) is 17.1 Å². The zero-order valence-electron chi connectivity index (χ0n) is 10.6. The molecule has 3 heterocycles. The number of pyridine rings is 1. The molecule has 2 saturated heterocycles. The van der Waals surface area contributed by atoms with Gasteiger partial charge >= 0.3 is 0 Å². The monoisotopic (exact) mass is 253 g/mol. The van der Waals surface area contributed by atoms with Crippen LogP contribution in [0.3, 0.4) is 0 Å². The summed E-state index contributed by atoms with van der Waals surface area (Å²) in [5, 5.41) is 1.07. The van der Waals surface area contributed by atoms with Crippen molar-refractivity contribution in [2.45, 2.75) is 31.5 Å². The van der Waals surface area contributed by atoms with E-state index >= 15 is 0 Å². The molecule has 96 valence electrons. The SMILES string of the molecule is O=C(c1ccc2cccnc2c1)C1CC2CCC1O2. The van der Waals surface area contributed by atoms with Gasteiger partial charge in [-0.25, -0.2) is 0 Å². The first kappa shape index (κ1) is 11.1. The van der Waals surface area contributed by atoms with E-state index in [9.17, 15) is 4.79 Å². The first-order chi connectivity index (χ1) is 9.31. The second kappa shape index (κ2) is 4.14. The lowest BCUT2D eigenvalue weighted by atomic mass is 9.83. The Morgan fingerprint density at radius 3 is 3.00 bits per heavy atom. The van der Waals surface area contributed by atoms with Crippen LogP contribution in [0, 0.1) is 5.92 Å². The molecule has 3 heteroatoms. The number of hydrogen-bond acceptors (Lipinski definition) is 3. The molecule has 2 aliphatic heterocycles. The van der Waals surface area contributed by atoms with Crippen molar-refractivity contribution in [3.05, 3.63) is 42.1 Å². The predicted octanol–water partition coefficient (Wildman–Crippen LogP) is 2.99. The summed E-state index contributed by atoms with van der Waals surface area (Å²) in [6.45, 7) is 0. The fraction of sp³-hybridized carbons (Fsp3) is 0.375. The van der Waals surface area contributed by atoms with Crippen molar-refractivity contribution in [3.63, 3.8) is 0 Å². The molecule has 0 saturated carbocycles. The number of hydrogen-bond donors (Lipinski definition) is 0. The van der Waals surface area contributed by atoms with Crippen molar-refractivity contribution in [2.75, 3.05) is 0 Å². The summed E-state index contributed by atoms with van der Waals surface area (Å²) in [6, 6.07) is 9.72. The highest BCUT2D eigenvalue weighted by Gasteiger charge is 2.44. The molecule has 1 aromatic heterocycles. The normalized spacial score (nSPS) is 28.9. The molecule has 0 amide bonds. The molecule has 19 heavy (non-hydrogen) atoms. The second-order valence-corrected chi connectivity index (χ2v) is 5.49. The van der Waals surface area contributed by atoms with Crippen molar-refractivity contribution in [1.82, 2.24) is 4.98 Å². The van der Waals surface area contributed by atoms with Gasteiger partial charge in [-0.1, -0.05) is 18.2 Å². The Hall–Kier alpha value is -1.74. The number of ether oxygens (including phenoxy) is 1. The standard InChI is InChI=1S/C16H15NO2/c18-16(13-9-12-5-6-15(13)19-12)11-4-3-10-2-1-7-17-14(10)8-11/h1-4,7-8,12-13,15H,5-6,9H2. The van der Waals surface area contributed by atoms with E-state index < -0.39 is 0 Å². The molecule has 1 aromatic carbocycles. The molecule has 2 aromatic rings. The summed E-state index contributed by atoms with van der Waals surface area (Å²) < 4.78 is 5.78. The minimum Gasteiger partial charge on any atom is -0.374 e. The summed E-state index contributed by atoms with van der Waals surface area (Å²) in [7, 11) is 0. The lowest BCUT2D eigenvalue weighted by Crippen LogP contribution is -2.25. The summed E-state index contributed by atoms with van der Waals surface area (Å²) in [6.07, 6.45) is 5.27. The van der Waals surface area contributed by atoms with Gasteiger partial charge in [-0.15, -0.1) is 0 Å². The largest absolute Gasteiger partial charge is 0.374 e. The van der Waals surface area contributed by atoms with Gasteiger partial charge in [-0.3, -0.25) is 9.78 Å². The van der Waals surface area contributed by atoms with E-state index in [0.29, 0.717) is 6.10 Å². The number of carbonyl (C=O) groups is 1. The summed E-state index contributed by atoms with van der Waals surface area (Å²) in [5.41, 5.74) is 1.66. The van der Waals surface area contributed by atoms with Crippen molar-refractivity contribution in [2.24, 2.45) is 5.92 Å². The molecule has 0 N–H and O–H groups in total. The molecule has 2 aliphatic rings. The highest BCUT2D eigenvalue weighted by Crippen LogP contribution is 2.40. The Balaban J connectivity index is 1.68. The van der Waals surface area contributed by atoms with Crippen LogP contribution >= 0.6 is 0 Å². The van der Waals surface area contributed by atoms with E-state index in [-0.39, 0.29) is 17.8 Å². The lowest BCUT2D eigenvalue weighted by Gasteiger charge is -2.17. The Morgan fingerprint density at radius 1 is 1.26 bits per heavy atom. The summed E-state index contributed by atoms with van der Waals surface area (Å²) in [5.74, 6) is 0.277. The minimum atomic E-state index is 0.0555. The highest BCUT2D eigenvalue weighted by atomic mass is 16.5.